The number of benzene rings is 1. The molecule has 1 unspecified atom stereocenters. The van der Waals surface area contributed by atoms with Crippen molar-refractivity contribution in [3.8, 4) is 5.69 Å². The van der Waals surface area contributed by atoms with Gasteiger partial charge in [0, 0.05) is 18.1 Å². The number of imidazole rings is 1. The molecule has 92 valence electrons. The van der Waals surface area contributed by atoms with Crippen LogP contribution in [0.5, 0.6) is 0 Å². The minimum atomic E-state index is -0.204. The summed E-state index contributed by atoms with van der Waals surface area (Å²) in [6, 6.07) is 9.70. The van der Waals surface area contributed by atoms with Crippen LogP contribution in [0.3, 0.4) is 0 Å². The van der Waals surface area contributed by atoms with Crippen molar-refractivity contribution in [3.05, 3.63) is 61.2 Å². The quantitative estimate of drug-likeness (QED) is 0.834. The Morgan fingerprint density at radius 3 is 2.83 bits per heavy atom. The third kappa shape index (κ3) is 2.48. The van der Waals surface area contributed by atoms with Crippen LogP contribution in [0.2, 0.25) is 0 Å². The van der Waals surface area contributed by atoms with E-state index in [0.717, 1.165) is 11.5 Å². The van der Waals surface area contributed by atoms with Crippen LogP contribution in [0.25, 0.3) is 5.69 Å². The SMILES string of the molecule is C=CC(=O)NC(C)c1nccn1-c1ccccc1. The van der Waals surface area contributed by atoms with Gasteiger partial charge in [0.2, 0.25) is 5.91 Å². The van der Waals surface area contributed by atoms with Crippen LogP contribution in [0.1, 0.15) is 18.8 Å². The number of carbonyl (C=O) groups is 1. The highest BCUT2D eigenvalue weighted by molar-refractivity contribution is 5.87. The van der Waals surface area contributed by atoms with E-state index in [1.165, 1.54) is 6.08 Å². The van der Waals surface area contributed by atoms with E-state index in [1.54, 1.807) is 6.20 Å². The monoisotopic (exact) mass is 241 g/mol. The van der Waals surface area contributed by atoms with Gasteiger partial charge in [-0.3, -0.25) is 4.79 Å². The summed E-state index contributed by atoms with van der Waals surface area (Å²) < 4.78 is 1.95. The molecule has 0 spiro atoms. The molecule has 0 aliphatic carbocycles. The number of rotatable bonds is 4. The lowest BCUT2D eigenvalue weighted by atomic mass is 10.2. The summed E-state index contributed by atoms with van der Waals surface area (Å²) in [6.07, 6.45) is 4.85. The van der Waals surface area contributed by atoms with Crippen LogP contribution in [0.15, 0.2) is 55.4 Å². The van der Waals surface area contributed by atoms with Gasteiger partial charge in [0.25, 0.3) is 0 Å². The highest BCUT2D eigenvalue weighted by Crippen LogP contribution is 2.15. The van der Waals surface area contributed by atoms with Gasteiger partial charge < -0.3 is 9.88 Å². The summed E-state index contributed by atoms with van der Waals surface area (Å²) in [4.78, 5) is 15.6. The highest BCUT2D eigenvalue weighted by atomic mass is 16.1. The molecule has 1 amide bonds. The Morgan fingerprint density at radius 2 is 2.17 bits per heavy atom. The Bertz CT molecular complexity index is 545. The molecule has 18 heavy (non-hydrogen) atoms. The van der Waals surface area contributed by atoms with E-state index in [1.807, 2.05) is 48.0 Å². The van der Waals surface area contributed by atoms with E-state index in [4.69, 9.17) is 0 Å². The highest BCUT2D eigenvalue weighted by Gasteiger charge is 2.13. The predicted molar refractivity (Wildman–Crippen MR) is 70.3 cm³/mol. The van der Waals surface area contributed by atoms with Crippen molar-refractivity contribution >= 4 is 5.91 Å². The van der Waals surface area contributed by atoms with Crippen molar-refractivity contribution in [2.45, 2.75) is 13.0 Å². The van der Waals surface area contributed by atoms with Gasteiger partial charge in [-0.05, 0) is 25.1 Å². The van der Waals surface area contributed by atoms with Crippen molar-refractivity contribution in [1.29, 1.82) is 0 Å². The van der Waals surface area contributed by atoms with E-state index in [-0.39, 0.29) is 11.9 Å². The fourth-order valence-electron chi connectivity index (χ4n) is 1.78. The van der Waals surface area contributed by atoms with E-state index in [0.29, 0.717) is 0 Å². The standard InChI is InChI=1S/C14H15N3O/c1-3-13(18)16-11(2)14-15-9-10-17(14)12-7-5-4-6-8-12/h3-11H,1H2,2H3,(H,16,18). The second kappa shape index (κ2) is 5.31. The first-order valence-corrected chi connectivity index (χ1v) is 5.74. The van der Waals surface area contributed by atoms with Crippen LogP contribution >= 0.6 is 0 Å². The minimum Gasteiger partial charge on any atom is -0.343 e. The summed E-state index contributed by atoms with van der Waals surface area (Å²) in [6.45, 7) is 5.33. The Hall–Kier alpha value is -2.36. The maximum absolute atomic E-state index is 11.3. The average molecular weight is 241 g/mol. The summed E-state index contributed by atoms with van der Waals surface area (Å²) >= 11 is 0. The molecule has 2 aromatic rings. The van der Waals surface area contributed by atoms with Crippen LogP contribution < -0.4 is 5.32 Å². The molecule has 1 N–H and O–H groups in total. The van der Waals surface area contributed by atoms with Gasteiger partial charge in [-0.15, -0.1) is 0 Å². The molecule has 0 radical (unpaired) electrons. The van der Waals surface area contributed by atoms with Gasteiger partial charge in [-0.1, -0.05) is 24.8 Å². The molecule has 0 saturated heterocycles. The second-order valence-corrected chi connectivity index (χ2v) is 3.93. The molecule has 0 bridgehead atoms. The van der Waals surface area contributed by atoms with Crippen molar-refractivity contribution in [1.82, 2.24) is 14.9 Å². The zero-order valence-electron chi connectivity index (χ0n) is 10.2. The molecule has 0 saturated carbocycles. The Labute approximate surface area is 106 Å². The maximum Gasteiger partial charge on any atom is 0.243 e. The van der Waals surface area contributed by atoms with E-state index in [2.05, 4.69) is 16.9 Å². The molecule has 0 aliphatic heterocycles. The van der Waals surface area contributed by atoms with Crippen LogP contribution in [0.4, 0.5) is 0 Å². The number of carbonyl (C=O) groups excluding carboxylic acids is 1. The molecule has 0 fully saturated rings. The van der Waals surface area contributed by atoms with E-state index < -0.39 is 0 Å². The topological polar surface area (TPSA) is 46.9 Å². The summed E-state index contributed by atoms with van der Waals surface area (Å²) in [7, 11) is 0. The average Bonchev–Trinajstić information content (AvgIpc) is 2.88. The zero-order chi connectivity index (χ0) is 13.0. The third-order valence-electron chi connectivity index (χ3n) is 2.64. The number of nitrogens with one attached hydrogen (secondary N) is 1. The number of hydrogen-bond acceptors (Lipinski definition) is 2. The molecule has 2 rings (SSSR count). The van der Waals surface area contributed by atoms with Crippen LogP contribution in [-0.2, 0) is 4.79 Å². The Morgan fingerprint density at radius 1 is 1.44 bits per heavy atom. The largest absolute Gasteiger partial charge is 0.343 e. The maximum atomic E-state index is 11.3. The Kier molecular flexibility index (Phi) is 3.57. The lowest BCUT2D eigenvalue weighted by Gasteiger charge is -2.14. The van der Waals surface area contributed by atoms with Crippen molar-refractivity contribution < 1.29 is 4.79 Å². The second-order valence-electron chi connectivity index (χ2n) is 3.93. The van der Waals surface area contributed by atoms with Crippen molar-refractivity contribution in [3.63, 3.8) is 0 Å². The third-order valence-corrected chi connectivity index (χ3v) is 2.64. The first kappa shape index (κ1) is 12.1. The molecular weight excluding hydrogens is 226 g/mol. The molecule has 4 nitrogen and oxygen atoms in total. The van der Waals surface area contributed by atoms with Crippen molar-refractivity contribution in [2.75, 3.05) is 0 Å². The van der Waals surface area contributed by atoms with Gasteiger partial charge in [-0.25, -0.2) is 4.98 Å². The molecule has 4 heteroatoms. The normalized spacial score (nSPS) is 11.8. The van der Waals surface area contributed by atoms with E-state index in [9.17, 15) is 4.79 Å². The molecule has 1 heterocycles. The van der Waals surface area contributed by atoms with Gasteiger partial charge in [-0.2, -0.15) is 0 Å². The van der Waals surface area contributed by atoms with Gasteiger partial charge in [0.15, 0.2) is 0 Å². The number of hydrogen-bond donors (Lipinski definition) is 1. The van der Waals surface area contributed by atoms with E-state index >= 15 is 0 Å². The fraction of sp³-hybridized carbons (Fsp3) is 0.143. The number of nitrogens with zero attached hydrogens (tertiary/aromatic N) is 2. The molecule has 1 atom stereocenters. The molecule has 0 aliphatic rings. The lowest BCUT2D eigenvalue weighted by Crippen LogP contribution is -2.26. The lowest BCUT2D eigenvalue weighted by molar-refractivity contribution is -0.117. The number of aromatic nitrogens is 2. The van der Waals surface area contributed by atoms with Gasteiger partial charge in [0.05, 0.1) is 6.04 Å². The summed E-state index contributed by atoms with van der Waals surface area (Å²) in [5.41, 5.74) is 1.02. The predicted octanol–water partition coefficient (Wildman–Crippen LogP) is 2.24. The Balaban J connectivity index is 2.28. The minimum absolute atomic E-state index is 0.175. The number of para-hydroxylation sites is 1. The van der Waals surface area contributed by atoms with Gasteiger partial charge >= 0.3 is 0 Å². The molecular formula is C14H15N3O. The number of amides is 1. The first-order chi connectivity index (χ1) is 8.72. The molecule has 1 aromatic carbocycles. The zero-order valence-corrected chi connectivity index (χ0v) is 10.2. The van der Waals surface area contributed by atoms with Gasteiger partial charge in [0.1, 0.15) is 5.82 Å². The fourth-order valence-corrected chi connectivity index (χ4v) is 1.78. The molecule has 1 aromatic heterocycles. The van der Waals surface area contributed by atoms with Crippen LogP contribution in [0, 0.1) is 0 Å². The van der Waals surface area contributed by atoms with Crippen molar-refractivity contribution in [2.24, 2.45) is 0 Å². The first-order valence-electron chi connectivity index (χ1n) is 5.74. The summed E-state index contributed by atoms with van der Waals surface area (Å²) in [5, 5.41) is 2.80. The van der Waals surface area contributed by atoms with Crippen LogP contribution in [-0.4, -0.2) is 15.5 Å². The smallest absolute Gasteiger partial charge is 0.243 e. The summed E-state index contributed by atoms with van der Waals surface area (Å²) in [5.74, 6) is 0.585.